The van der Waals surface area contributed by atoms with Crippen LogP contribution in [0, 0.1) is 0 Å². The van der Waals surface area contributed by atoms with Crippen LogP contribution in [0.3, 0.4) is 0 Å². The number of halogens is 1. The highest BCUT2D eigenvalue weighted by atomic mass is 35.5. The first-order valence-corrected chi connectivity index (χ1v) is 7.17. The number of hydrogen-bond donors (Lipinski definition) is 1. The van der Waals surface area contributed by atoms with E-state index in [0.717, 1.165) is 0 Å². The Morgan fingerprint density at radius 1 is 1.24 bits per heavy atom. The molecule has 2 amide bonds. The second-order valence-corrected chi connectivity index (χ2v) is 5.09. The van der Waals surface area contributed by atoms with Crippen LogP contribution >= 0.6 is 11.6 Å². The van der Waals surface area contributed by atoms with Crippen molar-refractivity contribution < 1.29 is 14.3 Å². The maximum Gasteiger partial charge on any atom is 0.409 e. The fourth-order valence-corrected chi connectivity index (χ4v) is 2.38. The molecule has 1 fully saturated rings. The molecule has 0 aromatic heterocycles. The van der Waals surface area contributed by atoms with E-state index in [1.54, 1.807) is 34.9 Å². The van der Waals surface area contributed by atoms with Gasteiger partial charge in [0.2, 0.25) is 0 Å². The monoisotopic (exact) mass is 311 g/mol. The maximum absolute atomic E-state index is 12.4. The second kappa shape index (κ2) is 6.67. The SMILES string of the molecule is CCOC(=O)N1CCN(C(=O)c2cccc(Cl)c2N)CC1. The molecule has 0 radical (unpaired) electrons. The standard InChI is InChI=1S/C14H18ClN3O3/c1-2-21-14(20)18-8-6-17(7-9-18)13(19)10-4-3-5-11(15)12(10)16/h3-5H,2,6-9,16H2,1H3. The van der Waals surface area contributed by atoms with Gasteiger partial charge < -0.3 is 20.3 Å². The number of hydrogen-bond acceptors (Lipinski definition) is 4. The molecule has 2 rings (SSSR count). The first-order valence-electron chi connectivity index (χ1n) is 6.79. The molecule has 0 aliphatic carbocycles. The highest BCUT2D eigenvalue weighted by Crippen LogP contribution is 2.24. The smallest absolute Gasteiger partial charge is 0.409 e. The number of nitrogens with two attached hydrogens (primary N) is 1. The molecule has 0 spiro atoms. The van der Waals surface area contributed by atoms with E-state index < -0.39 is 0 Å². The van der Waals surface area contributed by atoms with Gasteiger partial charge in [-0.25, -0.2) is 4.79 Å². The Labute approximate surface area is 128 Å². The van der Waals surface area contributed by atoms with Crippen molar-refractivity contribution in [2.75, 3.05) is 38.5 Å². The summed E-state index contributed by atoms with van der Waals surface area (Å²) in [5, 5.41) is 0.367. The number of nitrogen functional groups attached to an aromatic ring is 1. The number of carbonyl (C=O) groups is 2. The lowest BCUT2D eigenvalue weighted by Gasteiger charge is -2.34. The summed E-state index contributed by atoms with van der Waals surface area (Å²) in [6.45, 7) is 3.90. The van der Waals surface area contributed by atoms with E-state index >= 15 is 0 Å². The highest BCUT2D eigenvalue weighted by Gasteiger charge is 2.26. The van der Waals surface area contributed by atoms with Gasteiger partial charge in [0.15, 0.2) is 0 Å². The van der Waals surface area contributed by atoms with Gasteiger partial charge in [-0.05, 0) is 19.1 Å². The normalized spacial score (nSPS) is 15.0. The van der Waals surface area contributed by atoms with Crippen LogP contribution < -0.4 is 5.73 Å². The molecule has 1 aromatic rings. The van der Waals surface area contributed by atoms with Crippen molar-refractivity contribution in [2.45, 2.75) is 6.92 Å². The molecule has 7 heteroatoms. The molecule has 1 saturated heterocycles. The Morgan fingerprint density at radius 2 is 1.86 bits per heavy atom. The summed E-state index contributed by atoms with van der Waals surface area (Å²) in [7, 11) is 0. The number of para-hydroxylation sites is 1. The Morgan fingerprint density at radius 3 is 2.48 bits per heavy atom. The summed E-state index contributed by atoms with van der Waals surface area (Å²) in [5.74, 6) is -0.168. The zero-order valence-corrected chi connectivity index (χ0v) is 12.6. The number of benzene rings is 1. The molecule has 0 bridgehead atoms. The van der Waals surface area contributed by atoms with Crippen molar-refractivity contribution in [3.05, 3.63) is 28.8 Å². The Bertz CT molecular complexity index is 542. The van der Waals surface area contributed by atoms with Crippen LogP contribution in [0.5, 0.6) is 0 Å². The third kappa shape index (κ3) is 3.39. The number of ether oxygens (including phenoxy) is 1. The van der Waals surface area contributed by atoms with Crippen molar-refractivity contribution in [3.63, 3.8) is 0 Å². The predicted molar refractivity (Wildman–Crippen MR) is 80.4 cm³/mol. The van der Waals surface area contributed by atoms with E-state index in [2.05, 4.69) is 0 Å². The number of rotatable bonds is 2. The van der Waals surface area contributed by atoms with Gasteiger partial charge >= 0.3 is 6.09 Å². The van der Waals surface area contributed by atoms with E-state index in [-0.39, 0.29) is 17.7 Å². The third-order valence-corrected chi connectivity index (χ3v) is 3.71. The zero-order valence-electron chi connectivity index (χ0n) is 11.8. The number of piperazine rings is 1. The van der Waals surface area contributed by atoms with Crippen LogP contribution in [-0.2, 0) is 4.74 Å². The lowest BCUT2D eigenvalue weighted by atomic mass is 10.1. The zero-order chi connectivity index (χ0) is 15.4. The highest BCUT2D eigenvalue weighted by molar-refractivity contribution is 6.33. The molecule has 0 saturated carbocycles. The van der Waals surface area contributed by atoms with Gasteiger partial charge in [-0.2, -0.15) is 0 Å². The summed E-state index contributed by atoms with van der Waals surface area (Å²) in [6, 6.07) is 4.99. The lowest BCUT2D eigenvalue weighted by Crippen LogP contribution is -2.50. The van der Waals surface area contributed by atoms with Gasteiger partial charge in [0.25, 0.3) is 5.91 Å². The Balaban J connectivity index is 2.00. The largest absolute Gasteiger partial charge is 0.450 e. The average molecular weight is 312 g/mol. The molecule has 6 nitrogen and oxygen atoms in total. The van der Waals surface area contributed by atoms with E-state index in [4.69, 9.17) is 22.1 Å². The summed E-state index contributed by atoms with van der Waals surface area (Å²) < 4.78 is 4.94. The van der Waals surface area contributed by atoms with Crippen LogP contribution in [0.15, 0.2) is 18.2 Å². The van der Waals surface area contributed by atoms with Crippen molar-refractivity contribution in [1.82, 2.24) is 9.80 Å². The molecular formula is C14H18ClN3O3. The predicted octanol–water partition coefficient (Wildman–Crippen LogP) is 1.84. The van der Waals surface area contributed by atoms with Gasteiger partial charge in [0, 0.05) is 26.2 Å². The second-order valence-electron chi connectivity index (χ2n) is 4.68. The van der Waals surface area contributed by atoms with Crippen LogP contribution in [-0.4, -0.2) is 54.6 Å². The Hall–Kier alpha value is -1.95. The summed E-state index contributed by atoms with van der Waals surface area (Å²) in [5.41, 5.74) is 6.53. The number of anilines is 1. The molecule has 21 heavy (non-hydrogen) atoms. The van der Waals surface area contributed by atoms with Gasteiger partial charge in [-0.3, -0.25) is 4.79 Å². The summed E-state index contributed by atoms with van der Waals surface area (Å²) in [6.07, 6.45) is -0.341. The first kappa shape index (κ1) is 15.4. The van der Waals surface area contributed by atoms with Gasteiger partial charge in [0.1, 0.15) is 0 Å². The van der Waals surface area contributed by atoms with Crippen molar-refractivity contribution in [3.8, 4) is 0 Å². The maximum atomic E-state index is 12.4. The average Bonchev–Trinajstić information content (AvgIpc) is 2.50. The van der Waals surface area contributed by atoms with Gasteiger partial charge in [0.05, 0.1) is 22.9 Å². The van der Waals surface area contributed by atoms with Crippen LogP contribution in [0.4, 0.5) is 10.5 Å². The molecule has 1 aliphatic rings. The van der Waals surface area contributed by atoms with Gasteiger partial charge in [-0.1, -0.05) is 17.7 Å². The molecule has 0 atom stereocenters. The van der Waals surface area contributed by atoms with Crippen LogP contribution in [0.25, 0.3) is 0 Å². The van der Waals surface area contributed by atoms with E-state index in [1.807, 2.05) is 0 Å². The molecule has 114 valence electrons. The fourth-order valence-electron chi connectivity index (χ4n) is 2.20. The minimum atomic E-state index is -0.341. The minimum absolute atomic E-state index is 0.168. The van der Waals surface area contributed by atoms with Crippen molar-refractivity contribution >= 4 is 29.3 Å². The minimum Gasteiger partial charge on any atom is -0.450 e. The topological polar surface area (TPSA) is 75.9 Å². The van der Waals surface area contributed by atoms with Crippen molar-refractivity contribution in [1.29, 1.82) is 0 Å². The quantitative estimate of drug-likeness (QED) is 0.846. The summed E-state index contributed by atoms with van der Waals surface area (Å²) in [4.78, 5) is 27.3. The molecule has 1 aliphatic heterocycles. The van der Waals surface area contributed by atoms with E-state index in [0.29, 0.717) is 43.4 Å². The van der Waals surface area contributed by atoms with Gasteiger partial charge in [-0.15, -0.1) is 0 Å². The van der Waals surface area contributed by atoms with E-state index in [1.165, 1.54) is 0 Å². The van der Waals surface area contributed by atoms with Crippen LogP contribution in [0.2, 0.25) is 5.02 Å². The molecule has 1 heterocycles. The molecular weight excluding hydrogens is 294 g/mol. The number of nitrogens with zero attached hydrogens (tertiary/aromatic N) is 2. The molecule has 0 unspecified atom stereocenters. The third-order valence-electron chi connectivity index (χ3n) is 3.38. The lowest BCUT2D eigenvalue weighted by molar-refractivity contribution is 0.0571. The van der Waals surface area contributed by atoms with E-state index in [9.17, 15) is 9.59 Å². The van der Waals surface area contributed by atoms with Crippen LogP contribution in [0.1, 0.15) is 17.3 Å². The molecule has 2 N–H and O–H groups in total. The summed E-state index contributed by atoms with van der Waals surface area (Å²) >= 11 is 5.93. The Kier molecular flexibility index (Phi) is 4.90. The molecule has 1 aromatic carbocycles. The number of amides is 2. The van der Waals surface area contributed by atoms with Crippen molar-refractivity contribution in [2.24, 2.45) is 0 Å². The number of carbonyl (C=O) groups excluding carboxylic acids is 2. The first-order chi connectivity index (χ1) is 10.0. The fraction of sp³-hybridized carbons (Fsp3) is 0.429.